The van der Waals surface area contributed by atoms with Gasteiger partial charge in [-0.1, -0.05) is 72.8 Å². The first-order valence-corrected chi connectivity index (χ1v) is 12.1. The summed E-state index contributed by atoms with van der Waals surface area (Å²) in [5.41, 5.74) is 1.36. The first kappa shape index (κ1) is 22.9. The largest absolute Gasteiger partial charge is 0.492 e. The van der Waals surface area contributed by atoms with Gasteiger partial charge in [0.05, 0.1) is 19.0 Å². The number of para-hydroxylation sites is 2. The van der Waals surface area contributed by atoms with Gasteiger partial charge in [-0.3, -0.25) is 9.69 Å². The number of carbonyl (C=O) groups is 2. The third-order valence-corrected chi connectivity index (χ3v) is 6.74. The van der Waals surface area contributed by atoms with E-state index in [4.69, 9.17) is 4.74 Å². The van der Waals surface area contributed by atoms with Crippen LogP contribution >= 0.6 is 0 Å². The fourth-order valence-corrected chi connectivity index (χ4v) is 4.96. The van der Waals surface area contributed by atoms with E-state index in [9.17, 15) is 9.59 Å². The summed E-state index contributed by atoms with van der Waals surface area (Å²) in [4.78, 5) is 32.9. The molecule has 7 nitrogen and oxygen atoms in total. The van der Waals surface area contributed by atoms with Crippen LogP contribution in [-0.2, 0) is 10.3 Å². The number of urea groups is 1. The summed E-state index contributed by atoms with van der Waals surface area (Å²) >= 11 is 0. The van der Waals surface area contributed by atoms with Gasteiger partial charge in [0.2, 0.25) is 0 Å². The Morgan fingerprint density at radius 3 is 1.97 bits per heavy atom. The van der Waals surface area contributed by atoms with Crippen LogP contribution in [0.5, 0.6) is 5.75 Å². The van der Waals surface area contributed by atoms with Gasteiger partial charge in [-0.2, -0.15) is 0 Å². The monoisotopic (exact) mass is 470 g/mol. The molecule has 0 unspecified atom stereocenters. The second kappa shape index (κ2) is 9.80. The molecule has 2 aliphatic heterocycles. The van der Waals surface area contributed by atoms with Crippen LogP contribution < -0.4 is 15.0 Å². The summed E-state index contributed by atoms with van der Waals surface area (Å²) in [6, 6.07) is 26.6. The van der Waals surface area contributed by atoms with Crippen LogP contribution in [0.15, 0.2) is 84.9 Å². The molecule has 1 N–H and O–H groups in total. The fourth-order valence-electron chi connectivity index (χ4n) is 4.96. The molecule has 0 saturated carbocycles. The van der Waals surface area contributed by atoms with Gasteiger partial charge in [-0.05, 0) is 30.2 Å². The Hall–Kier alpha value is -3.84. The van der Waals surface area contributed by atoms with Gasteiger partial charge in [0.15, 0.2) is 5.54 Å². The number of hydrogen-bond donors (Lipinski definition) is 1. The number of carbonyl (C=O) groups excluding carboxylic acids is 2. The summed E-state index contributed by atoms with van der Waals surface area (Å²) in [5, 5.41) is 3.03. The maximum atomic E-state index is 13.9. The van der Waals surface area contributed by atoms with E-state index in [-0.39, 0.29) is 18.6 Å². The molecule has 3 aromatic rings. The van der Waals surface area contributed by atoms with Gasteiger partial charge in [0.1, 0.15) is 5.75 Å². The first-order valence-electron chi connectivity index (χ1n) is 12.1. The molecule has 0 aliphatic carbocycles. The lowest BCUT2D eigenvalue weighted by atomic mass is 9.83. The van der Waals surface area contributed by atoms with Crippen molar-refractivity contribution in [1.82, 2.24) is 15.1 Å². The minimum Gasteiger partial charge on any atom is -0.492 e. The van der Waals surface area contributed by atoms with E-state index >= 15 is 0 Å². The Kier molecular flexibility index (Phi) is 6.42. The Balaban J connectivity index is 1.33. The summed E-state index contributed by atoms with van der Waals surface area (Å²) in [6.07, 6.45) is 0. The van der Waals surface area contributed by atoms with E-state index in [2.05, 4.69) is 21.2 Å². The highest BCUT2D eigenvalue weighted by molar-refractivity contribution is 6.09. The number of imide groups is 1. The van der Waals surface area contributed by atoms with Crippen LogP contribution in [0.2, 0.25) is 0 Å². The van der Waals surface area contributed by atoms with E-state index in [0.29, 0.717) is 6.61 Å². The van der Waals surface area contributed by atoms with Gasteiger partial charge in [-0.15, -0.1) is 0 Å². The molecule has 5 rings (SSSR count). The van der Waals surface area contributed by atoms with Crippen LogP contribution in [-0.4, -0.2) is 61.2 Å². The van der Waals surface area contributed by atoms with Crippen LogP contribution in [0.1, 0.15) is 18.1 Å². The Morgan fingerprint density at radius 2 is 1.37 bits per heavy atom. The first-order chi connectivity index (χ1) is 17.1. The molecule has 7 heteroatoms. The third-order valence-electron chi connectivity index (χ3n) is 6.74. The molecule has 35 heavy (non-hydrogen) atoms. The van der Waals surface area contributed by atoms with Gasteiger partial charge in [-0.25, -0.2) is 9.69 Å². The number of piperazine rings is 1. The smallest absolute Gasteiger partial charge is 0.326 e. The molecule has 0 atom stereocenters. The van der Waals surface area contributed by atoms with Crippen LogP contribution in [0.25, 0.3) is 0 Å². The maximum absolute atomic E-state index is 13.9. The Bertz CT molecular complexity index is 1140. The van der Waals surface area contributed by atoms with Crippen LogP contribution in [0.3, 0.4) is 0 Å². The Labute approximate surface area is 205 Å². The molecule has 2 aliphatic rings. The minimum atomic E-state index is -1.22. The van der Waals surface area contributed by atoms with Crippen LogP contribution in [0, 0.1) is 0 Å². The summed E-state index contributed by atoms with van der Waals surface area (Å²) in [5.74, 6) is 0.636. The Morgan fingerprint density at radius 1 is 0.800 bits per heavy atom. The van der Waals surface area contributed by atoms with Crippen molar-refractivity contribution in [2.24, 2.45) is 0 Å². The average molecular weight is 471 g/mol. The molecule has 0 bridgehead atoms. The number of rotatable bonds is 7. The maximum Gasteiger partial charge on any atom is 0.326 e. The van der Waals surface area contributed by atoms with Gasteiger partial charge >= 0.3 is 6.03 Å². The van der Waals surface area contributed by atoms with Crippen molar-refractivity contribution >= 4 is 17.6 Å². The summed E-state index contributed by atoms with van der Waals surface area (Å²) in [6.45, 7) is 5.91. The van der Waals surface area contributed by atoms with E-state index < -0.39 is 5.54 Å². The predicted octanol–water partition coefficient (Wildman–Crippen LogP) is 3.66. The third kappa shape index (κ3) is 4.23. The van der Waals surface area contributed by atoms with Crippen molar-refractivity contribution in [1.29, 1.82) is 0 Å². The summed E-state index contributed by atoms with van der Waals surface area (Å²) < 4.78 is 5.80. The molecular formula is C28H30N4O3. The van der Waals surface area contributed by atoms with Gasteiger partial charge < -0.3 is 15.0 Å². The highest BCUT2D eigenvalue weighted by Gasteiger charge is 2.53. The van der Waals surface area contributed by atoms with Gasteiger partial charge in [0.25, 0.3) is 5.91 Å². The lowest BCUT2D eigenvalue weighted by molar-refractivity contribution is -0.131. The lowest BCUT2D eigenvalue weighted by Gasteiger charge is -2.37. The molecule has 0 spiro atoms. The second-order valence-electron chi connectivity index (χ2n) is 8.79. The normalized spacial score (nSPS) is 18.0. The fraction of sp³-hybridized carbons (Fsp3) is 0.286. The molecule has 180 valence electrons. The topological polar surface area (TPSA) is 65.1 Å². The number of hydrogen-bond acceptors (Lipinski definition) is 5. The zero-order chi connectivity index (χ0) is 24.3. The number of nitrogens with zero attached hydrogens (tertiary/aromatic N) is 3. The number of benzene rings is 3. The highest BCUT2D eigenvalue weighted by atomic mass is 16.5. The van der Waals surface area contributed by atoms with E-state index in [1.54, 1.807) is 0 Å². The summed E-state index contributed by atoms with van der Waals surface area (Å²) in [7, 11) is 0. The highest BCUT2D eigenvalue weighted by Crippen LogP contribution is 2.36. The van der Waals surface area contributed by atoms with E-state index in [0.717, 1.165) is 48.7 Å². The average Bonchev–Trinajstić information content (AvgIpc) is 3.16. The van der Waals surface area contributed by atoms with Crippen molar-refractivity contribution in [3.63, 3.8) is 0 Å². The van der Waals surface area contributed by atoms with E-state index in [1.165, 1.54) is 4.90 Å². The number of amides is 3. The van der Waals surface area contributed by atoms with Crippen molar-refractivity contribution in [3.05, 3.63) is 96.1 Å². The van der Waals surface area contributed by atoms with Crippen molar-refractivity contribution in [3.8, 4) is 5.75 Å². The number of nitrogens with one attached hydrogen (secondary N) is 1. The molecule has 2 heterocycles. The molecule has 3 amide bonds. The standard InChI is InChI=1S/C28H30N4O3/c1-2-35-25-16-10-9-15-24(25)31-19-17-30(18-20-31)21-32-26(33)28(29-27(32)34,22-11-5-3-6-12-22)23-13-7-4-8-14-23/h3-16H,2,17-21H2,1H3,(H,29,34). The van der Waals surface area contributed by atoms with Crippen molar-refractivity contribution in [2.75, 3.05) is 44.4 Å². The zero-order valence-corrected chi connectivity index (χ0v) is 19.9. The molecule has 2 fully saturated rings. The quantitative estimate of drug-likeness (QED) is 0.534. The van der Waals surface area contributed by atoms with Crippen molar-refractivity contribution < 1.29 is 14.3 Å². The molecule has 3 aromatic carbocycles. The molecule has 2 saturated heterocycles. The molecule has 0 aromatic heterocycles. The lowest BCUT2D eigenvalue weighted by Crippen LogP contribution is -2.52. The predicted molar refractivity (Wildman–Crippen MR) is 135 cm³/mol. The second-order valence-corrected chi connectivity index (χ2v) is 8.79. The van der Waals surface area contributed by atoms with Crippen LogP contribution in [0.4, 0.5) is 10.5 Å². The van der Waals surface area contributed by atoms with Gasteiger partial charge in [0, 0.05) is 26.2 Å². The number of ether oxygens (including phenoxy) is 1. The van der Waals surface area contributed by atoms with E-state index in [1.807, 2.05) is 85.8 Å². The molecular weight excluding hydrogens is 440 g/mol. The SMILES string of the molecule is CCOc1ccccc1N1CCN(CN2C(=O)NC(c3ccccc3)(c3ccccc3)C2=O)CC1. The zero-order valence-electron chi connectivity index (χ0n) is 19.9. The minimum absolute atomic E-state index is 0.246. The van der Waals surface area contributed by atoms with Crippen molar-refractivity contribution in [2.45, 2.75) is 12.5 Å². The molecule has 0 radical (unpaired) electrons. The number of anilines is 1.